The monoisotopic (exact) mass is 303 g/mol. The van der Waals surface area contributed by atoms with Crippen molar-refractivity contribution in [1.82, 2.24) is 4.98 Å². The van der Waals surface area contributed by atoms with Crippen LogP contribution in [0.4, 0.5) is 0 Å². The Labute approximate surface area is 90.0 Å². The summed E-state index contributed by atoms with van der Waals surface area (Å²) in [5, 5.41) is 0.464. The molecule has 3 nitrogen and oxygen atoms in total. The van der Waals surface area contributed by atoms with E-state index < -0.39 is 5.63 Å². The van der Waals surface area contributed by atoms with E-state index in [-0.39, 0.29) is 4.80 Å². The molecule has 0 unspecified atom stereocenters. The number of fused-ring (bicyclic) bond motifs is 1. The fraction of sp³-hybridized carbons (Fsp3) is 0. The zero-order chi connectivity index (χ0) is 9.42. The standard InChI is InChI=1S/C8H3Br2NO2/c9-4-2-1-3-5-6(4)7(12)13-8(10)11-5/h1-3H. The van der Waals surface area contributed by atoms with Crippen LogP contribution in [-0.4, -0.2) is 4.98 Å². The van der Waals surface area contributed by atoms with Crippen molar-refractivity contribution in [1.29, 1.82) is 0 Å². The number of hydrogen-bond acceptors (Lipinski definition) is 3. The van der Waals surface area contributed by atoms with Gasteiger partial charge in [-0.15, -0.1) is 0 Å². The SMILES string of the molecule is O=c1oc(Br)nc2cccc(Br)c12. The lowest BCUT2D eigenvalue weighted by Gasteiger charge is -1.97. The van der Waals surface area contributed by atoms with Gasteiger partial charge in [0, 0.05) is 20.4 Å². The molecule has 0 saturated carbocycles. The Balaban J connectivity index is 3.03. The Morgan fingerprint density at radius 2 is 2.08 bits per heavy atom. The van der Waals surface area contributed by atoms with Crippen LogP contribution in [0.2, 0.25) is 0 Å². The van der Waals surface area contributed by atoms with E-state index in [9.17, 15) is 4.79 Å². The Morgan fingerprint density at radius 1 is 1.31 bits per heavy atom. The lowest BCUT2D eigenvalue weighted by atomic mass is 10.2. The first kappa shape index (κ1) is 8.90. The molecule has 5 heteroatoms. The summed E-state index contributed by atoms with van der Waals surface area (Å²) >= 11 is 6.27. The maximum atomic E-state index is 11.4. The Kier molecular flexibility index (Phi) is 2.21. The molecule has 0 saturated heterocycles. The van der Waals surface area contributed by atoms with Gasteiger partial charge in [0.05, 0.1) is 5.52 Å². The molecule has 1 aromatic carbocycles. The maximum Gasteiger partial charge on any atom is 0.348 e. The fourth-order valence-corrected chi connectivity index (χ4v) is 1.91. The van der Waals surface area contributed by atoms with E-state index in [0.29, 0.717) is 15.4 Å². The molecule has 0 aliphatic carbocycles. The Hall–Kier alpha value is -0.680. The van der Waals surface area contributed by atoms with Crippen molar-refractivity contribution in [2.45, 2.75) is 0 Å². The van der Waals surface area contributed by atoms with Gasteiger partial charge in [-0.25, -0.2) is 9.78 Å². The largest absolute Gasteiger partial charge is 0.397 e. The third-order valence-corrected chi connectivity index (χ3v) is 2.58. The summed E-state index contributed by atoms with van der Waals surface area (Å²) in [6.45, 7) is 0. The molecular formula is C8H3Br2NO2. The molecule has 1 heterocycles. The van der Waals surface area contributed by atoms with Crippen molar-refractivity contribution in [3.8, 4) is 0 Å². The number of aromatic nitrogens is 1. The summed E-state index contributed by atoms with van der Waals surface area (Å²) in [4.78, 5) is 15.6. The van der Waals surface area contributed by atoms with Crippen LogP contribution in [0.15, 0.2) is 36.7 Å². The highest BCUT2D eigenvalue weighted by molar-refractivity contribution is 9.10. The zero-order valence-electron chi connectivity index (χ0n) is 6.25. The number of benzene rings is 1. The van der Waals surface area contributed by atoms with E-state index in [0.717, 1.165) is 0 Å². The number of halogens is 2. The molecule has 0 spiro atoms. The van der Waals surface area contributed by atoms with Crippen molar-refractivity contribution >= 4 is 42.8 Å². The van der Waals surface area contributed by atoms with Gasteiger partial charge in [-0.3, -0.25) is 0 Å². The first-order chi connectivity index (χ1) is 6.18. The summed E-state index contributed by atoms with van der Waals surface area (Å²) in [7, 11) is 0. The van der Waals surface area contributed by atoms with E-state index in [2.05, 4.69) is 36.8 Å². The molecule has 0 aliphatic heterocycles. The quantitative estimate of drug-likeness (QED) is 0.751. The number of hydrogen-bond donors (Lipinski definition) is 0. The molecule has 66 valence electrons. The molecule has 2 rings (SSSR count). The van der Waals surface area contributed by atoms with Gasteiger partial charge in [-0.05, 0) is 28.1 Å². The average molecular weight is 305 g/mol. The summed E-state index contributed by atoms with van der Waals surface area (Å²) in [5.41, 5.74) is 0.210. The number of nitrogens with zero attached hydrogens (tertiary/aromatic N) is 1. The maximum absolute atomic E-state index is 11.4. The molecule has 0 bridgehead atoms. The predicted octanol–water partition coefficient (Wildman–Crippen LogP) is 2.71. The smallest absolute Gasteiger partial charge is 0.348 e. The minimum absolute atomic E-state index is 0.197. The van der Waals surface area contributed by atoms with Gasteiger partial charge in [0.2, 0.25) is 0 Å². The molecule has 0 amide bonds. The molecule has 0 N–H and O–H groups in total. The van der Waals surface area contributed by atoms with Crippen LogP contribution in [0.3, 0.4) is 0 Å². The van der Waals surface area contributed by atoms with Crippen molar-refractivity contribution in [3.05, 3.63) is 37.9 Å². The van der Waals surface area contributed by atoms with Crippen molar-refractivity contribution < 1.29 is 4.42 Å². The lowest BCUT2D eigenvalue weighted by molar-refractivity contribution is 0.472. The van der Waals surface area contributed by atoms with Crippen molar-refractivity contribution in [2.75, 3.05) is 0 Å². The second-order valence-corrected chi connectivity index (χ2v) is 3.92. The summed E-state index contributed by atoms with van der Waals surface area (Å²) in [6.07, 6.45) is 0. The van der Waals surface area contributed by atoms with E-state index in [4.69, 9.17) is 4.42 Å². The van der Waals surface area contributed by atoms with Gasteiger partial charge in [0.15, 0.2) is 0 Å². The van der Waals surface area contributed by atoms with Crippen LogP contribution < -0.4 is 5.63 Å². The highest BCUT2D eigenvalue weighted by Crippen LogP contribution is 2.20. The average Bonchev–Trinajstić information content (AvgIpc) is 2.02. The van der Waals surface area contributed by atoms with E-state index in [1.54, 1.807) is 12.1 Å². The van der Waals surface area contributed by atoms with E-state index in [1.807, 2.05) is 6.07 Å². The van der Waals surface area contributed by atoms with Gasteiger partial charge < -0.3 is 4.42 Å². The minimum atomic E-state index is -0.399. The molecule has 0 radical (unpaired) electrons. The fourth-order valence-electron chi connectivity index (χ4n) is 1.05. The van der Waals surface area contributed by atoms with Gasteiger partial charge in [-0.1, -0.05) is 6.07 Å². The lowest BCUT2D eigenvalue weighted by Crippen LogP contribution is -2.01. The molecule has 2 aromatic rings. The van der Waals surface area contributed by atoms with Gasteiger partial charge >= 0.3 is 5.63 Å². The first-order valence-corrected chi connectivity index (χ1v) is 5.02. The normalized spacial score (nSPS) is 10.6. The Bertz CT molecular complexity index is 521. The predicted molar refractivity (Wildman–Crippen MR) is 55.7 cm³/mol. The summed E-state index contributed by atoms with van der Waals surface area (Å²) < 4.78 is 5.48. The Morgan fingerprint density at radius 3 is 2.85 bits per heavy atom. The molecule has 0 atom stereocenters. The summed E-state index contributed by atoms with van der Waals surface area (Å²) in [5.74, 6) is 0. The van der Waals surface area contributed by atoms with Gasteiger partial charge in [-0.2, -0.15) is 0 Å². The van der Waals surface area contributed by atoms with Gasteiger partial charge in [0.1, 0.15) is 5.39 Å². The second-order valence-electron chi connectivity index (χ2n) is 2.39. The van der Waals surface area contributed by atoms with Gasteiger partial charge in [0.25, 0.3) is 4.80 Å². The molecule has 0 fully saturated rings. The molecule has 1 aromatic heterocycles. The highest BCUT2D eigenvalue weighted by Gasteiger charge is 2.06. The van der Waals surface area contributed by atoms with Crippen LogP contribution in [-0.2, 0) is 0 Å². The topological polar surface area (TPSA) is 43.1 Å². The molecule has 0 aliphatic rings. The van der Waals surface area contributed by atoms with Crippen molar-refractivity contribution in [2.24, 2.45) is 0 Å². The summed E-state index contributed by atoms with van der Waals surface area (Å²) in [6, 6.07) is 5.34. The highest BCUT2D eigenvalue weighted by atomic mass is 79.9. The van der Waals surface area contributed by atoms with E-state index in [1.165, 1.54) is 0 Å². The second kappa shape index (κ2) is 3.23. The third kappa shape index (κ3) is 1.53. The van der Waals surface area contributed by atoms with Crippen LogP contribution in [0.5, 0.6) is 0 Å². The first-order valence-electron chi connectivity index (χ1n) is 3.43. The zero-order valence-corrected chi connectivity index (χ0v) is 9.42. The van der Waals surface area contributed by atoms with Crippen molar-refractivity contribution in [3.63, 3.8) is 0 Å². The molecular weight excluding hydrogens is 302 g/mol. The minimum Gasteiger partial charge on any atom is -0.397 e. The third-order valence-electron chi connectivity index (χ3n) is 1.58. The van der Waals surface area contributed by atoms with E-state index >= 15 is 0 Å². The van der Waals surface area contributed by atoms with Crippen LogP contribution in [0.25, 0.3) is 10.9 Å². The molecule has 13 heavy (non-hydrogen) atoms. The van der Waals surface area contributed by atoms with Crippen LogP contribution in [0, 0.1) is 0 Å². The van der Waals surface area contributed by atoms with Crippen LogP contribution >= 0.6 is 31.9 Å². The van der Waals surface area contributed by atoms with Crippen LogP contribution in [0.1, 0.15) is 0 Å². The number of rotatable bonds is 0.